The summed E-state index contributed by atoms with van der Waals surface area (Å²) in [5, 5.41) is 9.89. The summed E-state index contributed by atoms with van der Waals surface area (Å²) in [5.74, 6) is -3.84. The molecule has 0 radical (unpaired) electrons. The molecule has 0 aliphatic carbocycles. The first-order valence-electron chi connectivity index (χ1n) is 7.30. The van der Waals surface area contributed by atoms with E-state index in [0.717, 1.165) is 0 Å². The number of fused-ring (bicyclic) bond motifs is 1. The van der Waals surface area contributed by atoms with E-state index in [-0.39, 0.29) is 6.61 Å². The van der Waals surface area contributed by atoms with Gasteiger partial charge in [-0.3, -0.25) is 19.1 Å². The monoisotopic (exact) mass is 348 g/mol. The van der Waals surface area contributed by atoms with Crippen molar-refractivity contribution in [2.45, 2.75) is 64.4 Å². The zero-order chi connectivity index (χ0) is 18.1. The minimum Gasteiger partial charge on any atom is -0.463 e. The second kappa shape index (κ2) is 7.01. The number of rotatable bonds is 4. The highest BCUT2D eigenvalue weighted by molar-refractivity contribution is 5.67. The van der Waals surface area contributed by atoms with Gasteiger partial charge in [-0.05, 0) is 0 Å². The Balaban J connectivity index is 2.28. The van der Waals surface area contributed by atoms with Crippen LogP contribution in [0.5, 0.6) is 0 Å². The van der Waals surface area contributed by atoms with Gasteiger partial charge in [-0.15, -0.1) is 0 Å². The number of aliphatic hydroxyl groups is 1. The summed E-state index contributed by atoms with van der Waals surface area (Å²) >= 11 is 0. The normalized spacial score (nSPS) is 38.1. The first kappa shape index (κ1) is 18.6. The zero-order valence-electron chi connectivity index (χ0n) is 13.7. The van der Waals surface area contributed by atoms with Crippen LogP contribution >= 0.6 is 0 Å². The van der Waals surface area contributed by atoms with Crippen LogP contribution in [0.3, 0.4) is 0 Å². The van der Waals surface area contributed by atoms with Crippen molar-refractivity contribution >= 4 is 17.9 Å². The Morgan fingerprint density at radius 1 is 1.00 bits per heavy atom. The number of hydrogen-bond donors (Lipinski definition) is 1. The molecule has 2 saturated heterocycles. The fraction of sp³-hybridized carbons (Fsp3) is 0.786. The van der Waals surface area contributed by atoms with Gasteiger partial charge in [-0.1, -0.05) is 0 Å². The maximum absolute atomic E-state index is 11.4. The van der Waals surface area contributed by atoms with E-state index in [1.807, 2.05) is 0 Å². The molecule has 0 bridgehead atoms. The molecule has 2 fully saturated rings. The van der Waals surface area contributed by atoms with E-state index in [1.54, 1.807) is 0 Å². The van der Waals surface area contributed by atoms with Gasteiger partial charge in [0.05, 0.1) is 0 Å². The summed E-state index contributed by atoms with van der Waals surface area (Å²) in [5.41, 5.74) is 0. The number of carbonyl (C=O) groups excluding carboxylic acids is 3. The summed E-state index contributed by atoms with van der Waals surface area (Å²) in [4.78, 5) is 33.9. The number of ether oxygens (including phenoxy) is 6. The second-order valence-corrected chi connectivity index (χ2v) is 5.59. The molecule has 1 unspecified atom stereocenters. The molecular weight excluding hydrogens is 328 g/mol. The van der Waals surface area contributed by atoms with Crippen LogP contribution in [-0.4, -0.2) is 66.3 Å². The predicted molar refractivity (Wildman–Crippen MR) is 73.0 cm³/mol. The minimum absolute atomic E-state index is 0.264. The average Bonchev–Trinajstić information content (AvgIpc) is 2.72. The SMILES string of the molecule is CC(=O)OC[C@H]1O[C@@H]2OC(C)(O)O[C@@H]2[C@@H](OC(C)=O)[C@@H]1OC(C)=O. The molecule has 0 amide bonds. The Morgan fingerprint density at radius 3 is 2.12 bits per heavy atom. The Morgan fingerprint density at radius 2 is 1.58 bits per heavy atom. The maximum atomic E-state index is 11.4. The number of carbonyl (C=O) groups is 3. The number of esters is 3. The van der Waals surface area contributed by atoms with E-state index in [9.17, 15) is 19.5 Å². The first-order chi connectivity index (χ1) is 11.1. The van der Waals surface area contributed by atoms with E-state index in [1.165, 1.54) is 27.7 Å². The number of hydrogen-bond acceptors (Lipinski definition) is 10. The van der Waals surface area contributed by atoms with Crippen LogP contribution in [0.25, 0.3) is 0 Å². The van der Waals surface area contributed by atoms with Crippen LogP contribution in [0.15, 0.2) is 0 Å². The summed E-state index contributed by atoms with van der Waals surface area (Å²) < 4.78 is 31.3. The molecule has 10 nitrogen and oxygen atoms in total. The third-order valence-corrected chi connectivity index (χ3v) is 3.34. The highest BCUT2D eigenvalue weighted by Crippen LogP contribution is 2.37. The van der Waals surface area contributed by atoms with Gasteiger partial charge in [0.15, 0.2) is 24.6 Å². The van der Waals surface area contributed by atoms with E-state index >= 15 is 0 Å². The van der Waals surface area contributed by atoms with Crippen molar-refractivity contribution < 1.29 is 47.9 Å². The Labute approximate surface area is 137 Å². The lowest BCUT2D eigenvalue weighted by Gasteiger charge is -2.40. The third-order valence-electron chi connectivity index (χ3n) is 3.34. The van der Waals surface area contributed by atoms with Crippen LogP contribution in [0.1, 0.15) is 27.7 Å². The molecule has 24 heavy (non-hydrogen) atoms. The van der Waals surface area contributed by atoms with Gasteiger partial charge >= 0.3 is 17.9 Å². The smallest absolute Gasteiger partial charge is 0.303 e. The standard InChI is InChI=1S/C14H20O10/c1-6(15)19-5-9-10(20-7(2)16)11(21-8(3)17)12-13(22-9)24-14(4,18)23-12/h9-13,18H,5H2,1-4H3/t9-,10-,11+,12-,13-,14?/m1/s1. The van der Waals surface area contributed by atoms with Crippen LogP contribution in [0, 0.1) is 0 Å². The lowest BCUT2D eigenvalue weighted by molar-refractivity contribution is -0.322. The molecule has 2 aliphatic heterocycles. The van der Waals surface area contributed by atoms with Gasteiger partial charge in [0, 0.05) is 27.7 Å². The molecular formula is C14H20O10. The summed E-state index contributed by atoms with van der Waals surface area (Å²) in [7, 11) is 0. The average molecular weight is 348 g/mol. The van der Waals surface area contributed by atoms with Gasteiger partial charge in [-0.25, -0.2) is 0 Å². The van der Waals surface area contributed by atoms with E-state index < -0.39 is 54.6 Å². The fourth-order valence-electron chi connectivity index (χ4n) is 2.59. The Hall–Kier alpha value is -1.75. The zero-order valence-corrected chi connectivity index (χ0v) is 13.7. The third kappa shape index (κ3) is 4.41. The van der Waals surface area contributed by atoms with Gasteiger partial charge in [-0.2, -0.15) is 0 Å². The van der Waals surface area contributed by atoms with Crippen molar-refractivity contribution in [1.82, 2.24) is 0 Å². The van der Waals surface area contributed by atoms with Crippen molar-refractivity contribution in [3.8, 4) is 0 Å². The van der Waals surface area contributed by atoms with Crippen molar-refractivity contribution in [3.05, 3.63) is 0 Å². The largest absolute Gasteiger partial charge is 0.463 e. The molecule has 0 spiro atoms. The minimum atomic E-state index is -1.97. The molecule has 6 atom stereocenters. The topological polar surface area (TPSA) is 127 Å². The van der Waals surface area contributed by atoms with Crippen molar-refractivity contribution in [2.75, 3.05) is 6.61 Å². The summed E-state index contributed by atoms with van der Waals surface area (Å²) in [6.07, 6.45) is -5.32. The van der Waals surface area contributed by atoms with Crippen molar-refractivity contribution in [2.24, 2.45) is 0 Å². The Kier molecular flexibility index (Phi) is 5.43. The maximum Gasteiger partial charge on any atom is 0.303 e. The predicted octanol–water partition coefficient (Wildman–Crippen LogP) is -0.781. The van der Waals surface area contributed by atoms with Crippen molar-refractivity contribution in [3.63, 3.8) is 0 Å². The van der Waals surface area contributed by atoms with Gasteiger partial charge in [0.1, 0.15) is 12.7 Å². The molecule has 2 rings (SSSR count). The molecule has 2 heterocycles. The van der Waals surface area contributed by atoms with Crippen LogP contribution < -0.4 is 0 Å². The molecule has 0 aromatic carbocycles. The van der Waals surface area contributed by atoms with Crippen molar-refractivity contribution in [1.29, 1.82) is 0 Å². The quantitative estimate of drug-likeness (QED) is 0.510. The lowest BCUT2D eigenvalue weighted by atomic mass is 9.98. The highest BCUT2D eigenvalue weighted by atomic mass is 16.9. The molecule has 2 aliphatic rings. The molecule has 1 N–H and O–H groups in total. The Bertz CT molecular complexity index is 516. The molecule has 136 valence electrons. The van der Waals surface area contributed by atoms with Crippen LogP contribution in [-0.2, 0) is 42.8 Å². The molecule has 0 aromatic rings. The van der Waals surface area contributed by atoms with E-state index in [0.29, 0.717) is 0 Å². The van der Waals surface area contributed by atoms with E-state index in [2.05, 4.69) is 0 Å². The summed E-state index contributed by atoms with van der Waals surface area (Å²) in [6, 6.07) is 0. The van der Waals surface area contributed by atoms with Crippen LogP contribution in [0.2, 0.25) is 0 Å². The first-order valence-corrected chi connectivity index (χ1v) is 7.30. The van der Waals surface area contributed by atoms with Gasteiger partial charge in [0.25, 0.3) is 5.97 Å². The molecule has 0 saturated carbocycles. The summed E-state index contributed by atoms with van der Waals surface area (Å²) in [6.45, 7) is 4.52. The molecule has 0 aromatic heterocycles. The molecule has 10 heteroatoms. The highest BCUT2D eigenvalue weighted by Gasteiger charge is 2.58. The lowest BCUT2D eigenvalue weighted by Crippen LogP contribution is -2.60. The van der Waals surface area contributed by atoms with Crippen LogP contribution in [0.4, 0.5) is 0 Å². The van der Waals surface area contributed by atoms with Gasteiger partial charge < -0.3 is 28.8 Å². The van der Waals surface area contributed by atoms with E-state index in [4.69, 9.17) is 28.4 Å². The van der Waals surface area contributed by atoms with Gasteiger partial charge in [0.2, 0.25) is 0 Å². The fourth-order valence-corrected chi connectivity index (χ4v) is 2.59. The second-order valence-electron chi connectivity index (χ2n) is 5.59.